The van der Waals surface area contributed by atoms with E-state index in [9.17, 15) is 0 Å². The molecule has 16 heavy (non-hydrogen) atoms. The highest BCUT2D eigenvalue weighted by Gasteiger charge is 2.69. The molecule has 1 unspecified atom stereocenters. The summed E-state index contributed by atoms with van der Waals surface area (Å²) in [6, 6.07) is 0. The van der Waals surface area contributed by atoms with Crippen LogP contribution in [0.3, 0.4) is 0 Å². The van der Waals surface area contributed by atoms with Gasteiger partial charge in [-0.05, 0) is 12.8 Å². The largest absolute Gasteiger partial charge is 0.374 e. The predicted octanol–water partition coefficient (Wildman–Crippen LogP) is 3.68. The van der Waals surface area contributed by atoms with E-state index in [-0.39, 0.29) is 0 Å². The Hall–Kier alpha value is -0.0462. The van der Waals surface area contributed by atoms with Crippen molar-refractivity contribution < 1.29 is 4.74 Å². The predicted molar refractivity (Wildman–Crippen MR) is 77.0 cm³/mol. The van der Waals surface area contributed by atoms with Crippen LogP contribution in [0.1, 0.15) is 19.3 Å². The minimum atomic E-state index is -1.24. The van der Waals surface area contributed by atoms with Crippen LogP contribution >= 0.6 is 0 Å². The summed E-state index contributed by atoms with van der Waals surface area (Å²) in [6.45, 7) is 14.7. The number of epoxide rings is 1. The third-order valence-corrected chi connectivity index (χ3v) is 13.6. The molecule has 0 aromatic heterocycles. The highest BCUT2D eigenvalue weighted by Crippen LogP contribution is 2.52. The Balaban J connectivity index is 2.71. The Morgan fingerprint density at radius 2 is 1.62 bits per heavy atom. The molecule has 3 heteroatoms. The van der Waals surface area contributed by atoms with Crippen LogP contribution in [0.5, 0.6) is 0 Å². The van der Waals surface area contributed by atoms with Gasteiger partial charge in [-0.25, -0.2) is 0 Å². The number of ether oxygens (including phenoxy) is 1. The minimum absolute atomic E-state index is 0.300. The lowest BCUT2D eigenvalue weighted by molar-refractivity contribution is 0.366. The van der Waals surface area contributed by atoms with E-state index in [1.807, 2.05) is 0 Å². The van der Waals surface area contributed by atoms with Crippen molar-refractivity contribution in [1.29, 1.82) is 0 Å². The SMILES string of the molecule is C#CCCCC1OC1([Si](C)(C)C)[Si](C)(C)C. The van der Waals surface area contributed by atoms with Gasteiger partial charge in [-0.1, -0.05) is 39.3 Å². The Bertz CT molecular complexity index is 277. The van der Waals surface area contributed by atoms with Gasteiger partial charge in [-0.15, -0.1) is 12.3 Å². The van der Waals surface area contributed by atoms with Gasteiger partial charge in [0, 0.05) is 6.42 Å². The first-order chi connectivity index (χ1) is 7.17. The average molecular weight is 255 g/mol. The van der Waals surface area contributed by atoms with Crippen LogP contribution in [0, 0.1) is 12.3 Å². The summed E-state index contributed by atoms with van der Waals surface area (Å²) < 4.78 is 6.23. The molecular formula is C13H26OSi2. The van der Waals surface area contributed by atoms with Crippen LogP contribution in [0.4, 0.5) is 0 Å². The monoisotopic (exact) mass is 254 g/mol. The minimum Gasteiger partial charge on any atom is -0.374 e. The van der Waals surface area contributed by atoms with Crippen LogP contribution in [-0.2, 0) is 4.74 Å². The molecule has 0 saturated carbocycles. The fourth-order valence-corrected chi connectivity index (χ4v) is 15.5. The van der Waals surface area contributed by atoms with Crippen molar-refractivity contribution in [3.63, 3.8) is 0 Å². The van der Waals surface area contributed by atoms with Crippen LogP contribution < -0.4 is 0 Å². The lowest BCUT2D eigenvalue weighted by atomic mass is 10.2. The van der Waals surface area contributed by atoms with Crippen LogP contribution in [0.15, 0.2) is 0 Å². The zero-order valence-corrected chi connectivity index (χ0v) is 13.7. The molecule has 0 amide bonds. The normalized spacial score (nSPS) is 23.9. The zero-order chi connectivity index (χ0) is 12.6. The molecule has 0 aromatic rings. The molecule has 1 rings (SSSR count). The van der Waals surface area contributed by atoms with Gasteiger partial charge in [-0.3, -0.25) is 0 Å². The Morgan fingerprint density at radius 1 is 1.12 bits per heavy atom. The molecule has 0 aromatic carbocycles. The third-order valence-electron chi connectivity index (χ3n) is 3.74. The van der Waals surface area contributed by atoms with Gasteiger partial charge in [-0.2, -0.15) is 0 Å². The highest BCUT2D eigenvalue weighted by atomic mass is 28.4. The maximum Gasteiger partial charge on any atom is 0.0817 e. The molecule has 1 saturated heterocycles. The standard InChI is InChI=1S/C13H26OSi2/c1-8-9-10-11-12-13(14-12,15(2,3)4)16(5,6)7/h1,12H,9-11H2,2-7H3. The van der Waals surface area contributed by atoms with E-state index in [0.717, 1.165) is 12.8 Å². The zero-order valence-electron chi connectivity index (χ0n) is 11.7. The molecule has 0 aliphatic carbocycles. The Morgan fingerprint density at radius 3 is 1.94 bits per heavy atom. The van der Waals surface area contributed by atoms with Crippen LogP contribution in [0.25, 0.3) is 0 Å². The molecule has 0 bridgehead atoms. The molecule has 92 valence electrons. The maximum atomic E-state index is 6.23. The van der Waals surface area contributed by atoms with Crippen molar-refractivity contribution in [2.45, 2.75) is 69.5 Å². The summed E-state index contributed by atoms with van der Waals surface area (Å²) in [5, 5.41) is 0. The van der Waals surface area contributed by atoms with E-state index in [1.165, 1.54) is 6.42 Å². The van der Waals surface area contributed by atoms with E-state index in [0.29, 0.717) is 11.0 Å². The number of terminal acetylenes is 1. The molecule has 1 aliphatic heterocycles. The summed E-state index contributed by atoms with van der Waals surface area (Å²) in [7, 11) is -2.49. The lowest BCUT2D eigenvalue weighted by Gasteiger charge is -2.36. The third kappa shape index (κ3) is 2.29. The van der Waals surface area contributed by atoms with Crippen molar-refractivity contribution >= 4 is 16.1 Å². The summed E-state index contributed by atoms with van der Waals surface area (Å²) in [6.07, 6.45) is 9.00. The second-order valence-electron chi connectivity index (χ2n) is 6.94. The highest BCUT2D eigenvalue weighted by molar-refractivity contribution is 6.99. The summed E-state index contributed by atoms with van der Waals surface area (Å²) in [4.78, 5) is 0.300. The van der Waals surface area contributed by atoms with Crippen LogP contribution in [-0.4, -0.2) is 27.1 Å². The van der Waals surface area contributed by atoms with Gasteiger partial charge in [0.25, 0.3) is 0 Å². The van der Waals surface area contributed by atoms with E-state index in [1.54, 1.807) is 0 Å². The molecule has 0 spiro atoms. The van der Waals surface area contributed by atoms with Crippen molar-refractivity contribution in [3.05, 3.63) is 0 Å². The van der Waals surface area contributed by atoms with Crippen LogP contribution in [0.2, 0.25) is 39.3 Å². The molecule has 1 nitrogen and oxygen atoms in total. The van der Waals surface area contributed by atoms with Gasteiger partial charge < -0.3 is 4.74 Å². The van der Waals surface area contributed by atoms with Crippen molar-refractivity contribution in [2.75, 3.05) is 0 Å². The summed E-state index contributed by atoms with van der Waals surface area (Å²) in [5.74, 6) is 2.72. The molecular weight excluding hydrogens is 228 g/mol. The van der Waals surface area contributed by atoms with Crippen molar-refractivity contribution in [3.8, 4) is 12.3 Å². The molecule has 1 fully saturated rings. The summed E-state index contributed by atoms with van der Waals surface area (Å²) in [5.41, 5.74) is 0. The number of hydrogen-bond acceptors (Lipinski definition) is 1. The quantitative estimate of drug-likeness (QED) is 0.315. The smallest absolute Gasteiger partial charge is 0.0817 e. The fraction of sp³-hybridized carbons (Fsp3) is 0.846. The van der Waals surface area contributed by atoms with E-state index < -0.39 is 16.1 Å². The first-order valence-corrected chi connectivity index (χ1v) is 13.3. The topological polar surface area (TPSA) is 12.5 Å². The van der Waals surface area contributed by atoms with Gasteiger partial charge in [0.05, 0.1) is 27.1 Å². The van der Waals surface area contributed by atoms with Crippen molar-refractivity contribution in [2.24, 2.45) is 0 Å². The number of unbranched alkanes of at least 4 members (excludes halogenated alkanes) is 1. The molecule has 0 radical (unpaired) electrons. The van der Waals surface area contributed by atoms with E-state index >= 15 is 0 Å². The van der Waals surface area contributed by atoms with Gasteiger partial charge in [0.1, 0.15) is 0 Å². The number of hydrogen-bond donors (Lipinski definition) is 0. The fourth-order valence-electron chi connectivity index (χ4n) is 3.29. The molecule has 1 heterocycles. The number of rotatable bonds is 5. The van der Waals surface area contributed by atoms with Gasteiger partial charge >= 0.3 is 0 Å². The van der Waals surface area contributed by atoms with E-state index in [2.05, 4.69) is 45.2 Å². The second kappa shape index (κ2) is 4.32. The molecule has 1 aliphatic rings. The molecule has 1 atom stereocenters. The maximum absolute atomic E-state index is 6.23. The molecule has 0 N–H and O–H groups in total. The first-order valence-electron chi connectivity index (χ1n) is 6.28. The Kier molecular flexibility index (Phi) is 3.79. The van der Waals surface area contributed by atoms with Gasteiger partial charge in [0.15, 0.2) is 0 Å². The Labute approximate surface area is 103 Å². The van der Waals surface area contributed by atoms with Crippen molar-refractivity contribution in [1.82, 2.24) is 0 Å². The van der Waals surface area contributed by atoms with E-state index in [4.69, 9.17) is 11.2 Å². The average Bonchev–Trinajstić information content (AvgIpc) is 2.78. The lowest BCUT2D eigenvalue weighted by Crippen LogP contribution is -2.59. The van der Waals surface area contributed by atoms with Gasteiger partial charge in [0.2, 0.25) is 0 Å². The second-order valence-corrected chi connectivity index (χ2v) is 17.9. The first kappa shape index (κ1) is 14.0. The summed E-state index contributed by atoms with van der Waals surface area (Å²) >= 11 is 0.